The Morgan fingerprint density at radius 2 is 1.85 bits per heavy atom. The molecule has 3 aromatic rings. The second-order valence-electron chi connectivity index (χ2n) is 6.38. The van der Waals surface area contributed by atoms with E-state index in [2.05, 4.69) is 10.1 Å². The van der Waals surface area contributed by atoms with Gasteiger partial charge < -0.3 is 4.52 Å². The van der Waals surface area contributed by atoms with Gasteiger partial charge in [0, 0.05) is 38.1 Å². The van der Waals surface area contributed by atoms with Crippen molar-refractivity contribution in [2.75, 3.05) is 26.2 Å². The first kappa shape index (κ1) is 18.4. The molecule has 9 heteroatoms. The highest BCUT2D eigenvalue weighted by molar-refractivity contribution is 7.89. The van der Waals surface area contributed by atoms with Gasteiger partial charge in [0.1, 0.15) is 11.5 Å². The van der Waals surface area contributed by atoms with Crippen molar-refractivity contribution in [3.05, 3.63) is 59.0 Å². The summed E-state index contributed by atoms with van der Waals surface area (Å²) in [5.41, 5.74) is 1.58. The van der Waals surface area contributed by atoms with Crippen molar-refractivity contribution in [3.8, 4) is 0 Å². The maximum atomic E-state index is 13.3. The van der Waals surface area contributed by atoms with Crippen LogP contribution < -0.4 is 0 Å². The van der Waals surface area contributed by atoms with Gasteiger partial charge in [-0.3, -0.25) is 4.90 Å². The van der Waals surface area contributed by atoms with Crippen LogP contribution in [0.4, 0.5) is 4.39 Å². The molecular formula is C18H17ClFN3O3S. The summed E-state index contributed by atoms with van der Waals surface area (Å²) in [5, 5.41) is 4.89. The molecule has 1 fully saturated rings. The minimum absolute atomic E-state index is 0.00449. The van der Waals surface area contributed by atoms with E-state index >= 15 is 0 Å². The minimum atomic E-state index is -3.70. The van der Waals surface area contributed by atoms with E-state index in [4.69, 9.17) is 16.1 Å². The number of aromatic nitrogens is 1. The standard InChI is InChI=1S/C18H17ClFN3O3S/c19-15-11-13(5-6-16(15)20)27(24,25)23-9-7-22(8-10-23)12-17-14-3-1-2-4-18(14)26-21-17/h1-6,11H,7-10,12H2. The quantitative estimate of drug-likeness (QED) is 0.662. The molecule has 1 aliphatic heterocycles. The summed E-state index contributed by atoms with van der Waals surface area (Å²) in [6.45, 7) is 2.40. The van der Waals surface area contributed by atoms with E-state index in [-0.39, 0.29) is 9.92 Å². The fraction of sp³-hybridized carbons (Fsp3) is 0.278. The molecule has 0 amide bonds. The minimum Gasteiger partial charge on any atom is -0.356 e. The van der Waals surface area contributed by atoms with Crippen LogP contribution in [-0.2, 0) is 16.6 Å². The molecular weight excluding hydrogens is 393 g/mol. The summed E-state index contributed by atoms with van der Waals surface area (Å²) in [6, 6.07) is 11.1. The third kappa shape index (κ3) is 3.58. The van der Waals surface area contributed by atoms with E-state index in [0.29, 0.717) is 32.7 Å². The van der Waals surface area contributed by atoms with Gasteiger partial charge in [0.2, 0.25) is 10.0 Å². The van der Waals surface area contributed by atoms with Crippen molar-refractivity contribution in [3.63, 3.8) is 0 Å². The van der Waals surface area contributed by atoms with Crippen LogP contribution in [0, 0.1) is 5.82 Å². The second-order valence-corrected chi connectivity index (χ2v) is 8.73. The average molecular weight is 410 g/mol. The lowest BCUT2D eigenvalue weighted by Crippen LogP contribution is -2.48. The summed E-state index contributed by atoms with van der Waals surface area (Å²) in [7, 11) is -3.70. The van der Waals surface area contributed by atoms with Crippen LogP contribution >= 0.6 is 11.6 Å². The number of sulfonamides is 1. The largest absolute Gasteiger partial charge is 0.356 e. The zero-order valence-corrected chi connectivity index (χ0v) is 15.9. The fourth-order valence-corrected chi connectivity index (χ4v) is 4.87. The van der Waals surface area contributed by atoms with Crippen molar-refractivity contribution in [1.29, 1.82) is 0 Å². The first-order valence-electron chi connectivity index (χ1n) is 8.46. The molecule has 1 saturated heterocycles. The van der Waals surface area contributed by atoms with Crippen LogP contribution in [-0.4, -0.2) is 49.0 Å². The molecule has 0 atom stereocenters. The number of piperazine rings is 1. The van der Waals surface area contributed by atoms with E-state index < -0.39 is 15.8 Å². The zero-order chi connectivity index (χ0) is 19.0. The Morgan fingerprint density at radius 1 is 1.11 bits per heavy atom. The third-order valence-corrected chi connectivity index (χ3v) is 6.87. The van der Waals surface area contributed by atoms with Gasteiger partial charge in [0.15, 0.2) is 5.58 Å². The van der Waals surface area contributed by atoms with Gasteiger partial charge in [-0.15, -0.1) is 0 Å². The Morgan fingerprint density at radius 3 is 2.59 bits per heavy atom. The van der Waals surface area contributed by atoms with Crippen molar-refractivity contribution >= 4 is 32.6 Å². The summed E-state index contributed by atoms with van der Waals surface area (Å²) < 4.78 is 45.5. The summed E-state index contributed by atoms with van der Waals surface area (Å²) in [6.07, 6.45) is 0. The smallest absolute Gasteiger partial charge is 0.243 e. The van der Waals surface area contributed by atoms with Crippen LogP contribution in [0.5, 0.6) is 0 Å². The van der Waals surface area contributed by atoms with Gasteiger partial charge in [-0.1, -0.05) is 28.9 Å². The number of rotatable bonds is 4. The molecule has 0 aliphatic carbocycles. The molecule has 4 rings (SSSR count). The van der Waals surface area contributed by atoms with Gasteiger partial charge in [-0.2, -0.15) is 4.31 Å². The number of hydrogen-bond donors (Lipinski definition) is 0. The molecule has 0 spiro atoms. The van der Waals surface area contributed by atoms with E-state index in [9.17, 15) is 12.8 Å². The lowest BCUT2D eigenvalue weighted by Gasteiger charge is -2.33. The number of benzene rings is 2. The maximum absolute atomic E-state index is 13.3. The molecule has 142 valence electrons. The molecule has 0 radical (unpaired) electrons. The predicted octanol–water partition coefficient (Wildman–Crippen LogP) is 3.13. The van der Waals surface area contributed by atoms with E-state index in [0.717, 1.165) is 28.8 Å². The van der Waals surface area contributed by atoms with Crippen molar-refractivity contribution in [2.24, 2.45) is 0 Å². The topological polar surface area (TPSA) is 66.7 Å². The molecule has 0 bridgehead atoms. The normalized spacial score (nSPS) is 16.8. The molecule has 0 unspecified atom stereocenters. The van der Waals surface area contributed by atoms with Gasteiger partial charge in [-0.05, 0) is 30.3 Å². The Labute approximate surface area is 161 Å². The Balaban J connectivity index is 1.44. The lowest BCUT2D eigenvalue weighted by molar-refractivity contribution is 0.178. The third-order valence-electron chi connectivity index (χ3n) is 4.69. The molecule has 27 heavy (non-hydrogen) atoms. The monoisotopic (exact) mass is 409 g/mol. The predicted molar refractivity (Wildman–Crippen MR) is 99.5 cm³/mol. The van der Waals surface area contributed by atoms with Crippen molar-refractivity contribution in [1.82, 2.24) is 14.4 Å². The summed E-state index contributed by atoms with van der Waals surface area (Å²) in [4.78, 5) is 2.14. The number of hydrogen-bond acceptors (Lipinski definition) is 5. The molecule has 2 heterocycles. The molecule has 1 aliphatic rings. The van der Waals surface area contributed by atoms with Gasteiger partial charge >= 0.3 is 0 Å². The maximum Gasteiger partial charge on any atom is 0.243 e. The number of nitrogens with zero attached hydrogens (tertiary/aromatic N) is 3. The van der Waals surface area contributed by atoms with E-state index in [1.807, 2.05) is 24.3 Å². The van der Waals surface area contributed by atoms with Crippen LogP contribution in [0.15, 0.2) is 51.9 Å². The zero-order valence-electron chi connectivity index (χ0n) is 14.3. The number of halogens is 2. The van der Waals surface area contributed by atoms with Gasteiger partial charge in [-0.25, -0.2) is 12.8 Å². The van der Waals surface area contributed by atoms with Crippen LogP contribution in [0.1, 0.15) is 5.69 Å². The molecule has 0 N–H and O–H groups in total. The summed E-state index contributed by atoms with van der Waals surface area (Å²) in [5.74, 6) is -0.639. The number of para-hydroxylation sites is 1. The molecule has 2 aromatic carbocycles. The Bertz CT molecular complexity index is 1080. The second kappa shape index (κ2) is 7.20. The lowest BCUT2D eigenvalue weighted by atomic mass is 10.2. The fourth-order valence-electron chi connectivity index (χ4n) is 3.18. The molecule has 6 nitrogen and oxygen atoms in total. The highest BCUT2D eigenvalue weighted by atomic mass is 35.5. The first-order valence-corrected chi connectivity index (χ1v) is 10.3. The number of fused-ring (bicyclic) bond motifs is 1. The highest BCUT2D eigenvalue weighted by Crippen LogP contribution is 2.24. The molecule has 0 saturated carbocycles. The van der Waals surface area contributed by atoms with Gasteiger partial charge in [0.25, 0.3) is 0 Å². The van der Waals surface area contributed by atoms with Gasteiger partial charge in [0.05, 0.1) is 9.92 Å². The first-order chi connectivity index (χ1) is 12.9. The Kier molecular flexibility index (Phi) is 4.90. The Hall–Kier alpha value is -2.00. The van der Waals surface area contributed by atoms with Crippen molar-refractivity contribution < 1.29 is 17.3 Å². The highest BCUT2D eigenvalue weighted by Gasteiger charge is 2.29. The van der Waals surface area contributed by atoms with E-state index in [1.54, 1.807) is 0 Å². The van der Waals surface area contributed by atoms with Crippen LogP contribution in [0.2, 0.25) is 5.02 Å². The molecule has 1 aromatic heterocycles. The van der Waals surface area contributed by atoms with Crippen molar-refractivity contribution in [2.45, 2.75) is 11.4 Å². The van der Waals surface area contributed by atoms with Crippen LogP contribution in [0.3, 0.4) is 0 Å². The average Bonchev–Trinajstić information content (AvgIpc) is 3.07. The van der Waals surface area contributed by atoms with E-state index in [1.165, 1.54) is 10.4 Å². The SMILES string of the molecule is O=S(=O)(c1ccc(F)c(Cl)c1)N1CCN(Cc2noc3ccccc23)CC1. The van der Waals surface area contributed by atoms with Crippen LogP contribution in [0.25, 0.3) is 11.0 Å². The summed E-state index contributed by atoms with van der Waals surface area (Å²) >= 11 is 5.73.